The van der Waals surface area contributed by atoms with Crippen LogP contribution in [0.25, 0.3) is 5.69 Å². The monoisotopic (exact) mass is 397 g/mol. The number of nitrogens with one attached hydrogen (secondary N) is 1. The Hall–Kier alpha value is -4.19. The van der Waals surface area contributed by atoms with Gasteiger partial charge in [0.15, 0.2) is 0 Å². The first kappa shape index (κ1) is 19.1. The Labute approximate surface area is 173 Å². The van der Waals surface area contributed by atoms with Crippen LogP contribution in [0.2, 0.25) is 0 Å². The Bertz CT molecular complexity index is 1230. The lowest BCUT2D eigenvalue weighted by molar-refractivity contribution is 0.102. The summed E-state index contributed by atoms with van der Waals surface area (Å²) in [7, 11) is 0. The SMILES string of the molecule is Cc1cccc(Oc2ccc(NC(=O)c3ccc(=O)n(-c4ccccc4)n3)cc2)c1. The summed E-state index contributed by atoms with van der Waals surface area (Å²) in [6.45, 7) is 2.00. The van der Waals surface area contributed by atoms with E-state index in [0.29, 0.717) is 17.1 Å². The van der Waals surface area contributed by atoms with Crippen LogP contribution in [-0.4, -0.2) is 15.7 Å². The number of carbonyl (C=O) groups excluding carboxylic acids is 1. The van der Waals surface area contributed by atoms with E-state index in [1.165, 1.54) is 16.8 Å². The van der Waals surface area contributed by atoms with Crippen molar-refractivity contribution in [1.82, 2.24) is 9.78 Å². The van der Waals surface area contributed by atoms with Crippen LogP contribution in [0, 0.1) is 6.92 Å². The van der Waals surface area contributed by atoms with E-state index in [-0.39, 0.29) is 11.3 Å². The summed E-state index contributed by atoms with van der Waals surface area (Å²) in [4.78, 5) is 24.7. The molecule has 30 heavy (non-hydrogen) atoms. The molecule has 6 nitrogen and oxygen atoms in total. The Morgan fingerprint density at radius 1 is 0.867 bits per heavy atom. The van der Waals surface area contributed by atoms with Crippen LogP contribution in [0.3, 0.4) is 0 Å². The van der Waals surface area contributed by atoms with Crippen LogP contribution in [0.15, 0.2) is 95.8 Å². The zero-order valence-electron chi connectivity index (χ0n) is 16.3. The van der Waals surface area contributed by atoms with Crippen LogP contribution in [0.4, 0.5) is 5.69 Å². The minimum atomic E-state index is -0.410. The third-order valence-corrected chi connectivity index (χ3v) is 4.37. The van der Waals surface area contributed by atoms with Crippen molar-refractivity contribution < 1.29 is 9.53 Å². The van der Waals surface area contributed by atoms with E-state index in [1.54, 1.807) is 48.5 Å². The highest BCUT2D eigenvalue weighted by Gasteiger charge is 2.11. The lowest BCUT2D eigenvalue weighted by atomic mass is 10.2. The Morgan fingerprint density at radius 2 is 1.63 bits per heavy atom. The normalized spacial score (nSPS) is 10.4. The maximum atomic E-state index is 12.6. The van der Waals surface area contributed by atoms with Crippen LogP contribution >= 0.6 is 0 Å². The number of rotatable bonds is 5. The Morgan fingerprint density at radius 3 is 2.37 bits per heavy atom. The van der Waals surface area contributed by atoms with Crippen molar-refractivity contribution in [1.29, 1.82) is 0 Å². The maximum Gasteiger partial charge on any atom is 0.276 e. The van der Waals surface area contributed by atoms with Crippen LogP contribution in [0.1, 0.15) is 16.1 Å². The predicted molar refractivity (Wildman–Crippen MR) is 115 cm³/mol. The van der Waals surface area contributed by atoms with Gasteiger partial charge in [0.1, 0.15) is 17.2 Å². The molecule has 0 atom stereocenters. The van der Waals surface area contributed by atoms with Gasteiger partial charge in [-0.15, -0.1) is 0 Å². The highest BCUT2D eigenvalue weighted by molar-refractivity contribution is 6.02. The Kier molecular flexibility index (Phi) is 5.39. The van der Waals surface area contributed by atoms with Gasteiger partial charge in [0.25, 0.3) is 11.5 Å². The van der Waals surface area contributed by atoms with Crippen LogP contribution in [-0.2, 0) is 0 Å². The highest BCUT2D eigenvalue weighted by Crippen LogP contribution is 2.23. The third-order valence-electron chi connectivity index (χ3n) is 4.37. The second-order valence-corrected chi connectivity index (χ2v) is 6.70. The molecule has 0 unspecified atom stereocenters. The fourth-order valence-corrected chi connectivity index (χ4v) is 2.90. The second-order valence-electron chi connectivity index (χ2n) is 6.70. The van der Waals surface area contributed by atoms with Crippen molar-refractivity contribution in [2.45, 2.75) is 6.92 Å². The zero-order chi connectivity index (χ0) is 20.9. The van der Waals surface area contributed by atoms with Gasteiger partial charge in [-0.2, -0.15) is 9.78 Å². The quantitative estimate of drug-likeness (QED) is 0.535. The zero-order valence-corrected chi connectivity index (χ0v) is 16.3. The molecular formula is C24H19N3O3. The van der Waals surface area contributed by atoms with Crippen LogP contribution in [0.5, 0.6) is 11.5 Å². The number of benzene rings is 3. The molecule has 0 saturated carbocycles. The summed E-state index contributed by atoms with van der Waals surface area (Å²) in [5.41, 5.74) is 2.13. The summed E-state index contributed by atoms with van der Waals surface area (Å²) in [5, 5.41) is 6.97. The molecule has 1 N–H and O–H groups in total. The molecule has 0 spiro atoms. The van der Waals surface area contributed by atoms with Gasteiger partial charge in [0.2, 0.25) is 0 Å². The van der Waals surface area contributed by atoms with Crippen LogP contribution < -0.4 is 15.6 Å². The second kappa shape index (κ2) is 8.45. The number of aromatic nitrogens is 2. The van der Waals surface area contributed by atoms with Gasteiger partial charge >= 0.3 is 0 Å². The highest BCUT2D eigenvalue weighted by atomic mass is 16.5. The number of hydrogen-bond acceptors (Lipinski definition) is 4. The lowest BCUT2D eigenvalue weighted by Gasteiger charge is -2.09. The number of aryl methyl sites for hydroxylation is 1. The van der Waals surface area contributed by atoms with Crippen molar-refractivity contribution >= 4 is 11.6 Å². The molecule has 1 heterocycles. The first-order chi connectivity index (χ1) is 14.6. The molecule has 0 bridgehead atoms. The number of para-hydroxylation sites is 1. The molecule has 0 aliphatic rings. The molecule has 0 saturated heterocycles. The molecule has 0 fully saturated rings. The fraction of sp³-hybridized carbons (Fsp3) is 0.0417. The minimum Gasteiger partial charge on any atom is -0.457 e. The number of carbonyl (C=O) groups is 1. The number of amides is 1. The maximum absolute atomic E-state index is 12.6. The summed E-state index contributed by atoms with van der Waals surface area (Å²) >= 11 is 0. The molecule has 6 heteroatoms. The van der Waals surface area contributed by atoms with E-state index >= 15 is 0 Å². The first-order valence-corrected chi connectivity index (χ1v) is 9.40. The van der Waals surface area contributed by atoms with Gasteiger partial charge in [-0.3, -0.25) is 9.59 Å². The van der Waals surface area contributed by atoms with Gasteiger partial charge < -0.3 is 10.1 Å². The average Bonchev–Trinajstić information content (AvgIpc) is 2.76. The minimum absolute atomic E-state index is 0.138. The summed E-state index contributed by atoms with van der Waals surface area (Å²) < 4.78 is 7.02. The largest absolute Gasteiger partial charge is 0.457 e. The molecule has 1 amide bonds. The summed E-state index contributed by atoms with van der Waals surface area (Å²) in [6, 6.07) is 26.5. The van der Waals surface area contributed by atoms with Crippen molar-refractivity contribution in [3.63, 3.8) is 0 Å². The molecule has 3 aromatic carbocycles. The molecule has 0 radical (unpaired) electrons. The van der Waals surface area contributed by atoms with Gasteiger partial charge in [0, 0.05) is 11.8 Å². The predicted octanol–water partition coefficient (Wildman–Crippen LogP) is 4.59. The van der Waals surface area contributed by atoms with Crippen molar-refractivity contribution in [3.8, 4) is 17.2 Å². The third kappa shape index (κ3) is 4.44. The average molecular weight is 397 g/mol. The van der Waals surface area contributed by atoms with Gasteiger partial charge in [-0.1, -0.05) is 30.3 Å². The van der Waals surface area contributed by atoms with Crippen molar-refractivity contribution in [2.24, 2.45) is 0 Å². The standard InChI is InChI=1S/C24H19N3O3/c1-17-6-5-9-21(16-17)30-20-12-10-18(11-13-20)25-24(29)22-14-15-23(28)27(26-22)19-7-3-2-4-8-19/h2-16H,1H3,(H,25,29). The molecule has 0 aliphatic heterocycles. The smallest absolute Gasteiger partial charge is 0.276 e. The molecule has 4 rings (SSSR count). The van der Waals surface area contributed by atoms with E-state index in [1.807, 2.05) is 37.3 Å². The summed E-state index contributed by atoms with van der Waals surface area (Å²) in [6.07, 6.45) is 0. The van der Waals surface area contributed by atoms with E-state index in [2.05, 4.69) is 10.4 Å². The van der Waals surface area contributed by atoms with Gasteiger partial charge in [0.05, 0.1) is 5.69 Å². The summed E-state index contributed by atoms with van der Waals surface area (Å²) in [5.74, 6) is 1.00. The number of ether oxygens (including phenoxy) is 1. The molecular weight excluding hydrogens is 378 g/mol. The topological polar surface area (TPSA) is 73.2 Å². The fourth-order valence-electron chi connectivity index (χ4n) is 2.90. The van der Waals surface area contributed by atoms with Crippen molar-refractivity contribution in [2.75, 3.05) is 5.32 Å². The number of hydrogen-bond donors (Lipinski definition) is 1. The van der Waals surface area contributed by atoms with Crippen molar-refractivity contribution in [3.05, 3.63) is 113 Å². The first-order valence-electron chi connectivity index (χ1n) is 9.40. The van der Waals surface area contributed by atoms with Gasteiger partial charge in [-0.25, -0.2) is 0 Å². The number of nitrogens with zero attached hydrogens (tertiary/aromatic N) is 2. The van der Waals surface area contributed by atoms with E-state index in [4.69, 9.17) is 4.74 Å². The molecule has 1 aromatic heterocycles. The Balaban J connectivity index is 1.48. The van der Waals surface area contributed by atoms with E-state index in [0.717, 1.165) is 11.3 Å². The van der Waals surface area contributed by atoms with E-state index in [9.17, 15) is 9.59 Å². The lowest BCUT2D eigenvalue weighted by Crippen LogP contribution is -2.24. The molecule has 0 aliphatic carbocycles. The number of anilines is 1. The molecule has 4 aromatic rings. The van der Waals surface area contributed by atoms with E-state index < -0.39 is 5.91 Å². The van der Waals surface area contributed by atoms with Gasteiger partial charge in [-0.05, 0) is 67.1 Å². The molecule has 148 valence electrons.